The van der Waals surface area contributed by atoms with Gasteiger partial charge in [-0.25, -0.2) is 0 Å². The Balaban J connectivity index is 2.45. The second kappa shape index (κ2) is 5.70. The number of aryl methyl sites for hydroxylation is 1. The fourth-order valence-electron chi connectivity index (χ4n) is 2.14. The van der Waals surface area contributed by atoms with Gasteiger partial charge in [-0.3, -0.25) is 4.79 Å². The van der Waals surface area contributed by atoms with E-state index in [9.17, 15) is 4.79 Å². The summed E-state index contributed by atoms with van der Waals surface area (Å²) < 4.78 is 4.76. The van der Waals surface area contributed by atoms with Crippen LogP contribution in [0.5, 0.6) is 0 Å². The van der Waals surface area contributed by atoms with E-state index in [4.69, 9.17) is 4.74 Å². The van der Waals surface area contributed by atoms with E-state index in [0.717, 1.165) is 22.3 Å². The minimum Gasteiger partial charge on any atom is -0.469 e. The Kier molecular flexibility index (Phi) is 4.00. The normalized spacial score (nSPS) is 10.3. The number of methoxy groups -OCH3 is 1. The van der Waals surface area contributed by atoms with Crippen molar-refractivity contribution >= 4 is 5.97 Å². The van der Waals surface area contributed by atoms with Crippen molar-refractivity contribution in [3.63, 3.8) is 0 Å². The van der Waals surface area contributed by atoms with Gasteiger partial charge in [0.25, 0.3) is 0 Å². The van der Waals surface area contributed by atoms with Crippen molar-refractivity contribution in [2.75, 3.05) is 7.11 Å². The van der Waals surface area contributed by atoms with Crippen LogP contribution in [0.4, 0.5) is 0 Å². The molecule has 0 bridgehead atoms. The Morgan fingerprint density at radius 3 is 2.37 bits per heavy atom. The van der Waals surface area contributed by atoms with E-state index >= 15 is 0 Å². The standard InChI is InChI=1S/C17H18O2/c1-12-9-16(14-7-5-4-6-8-14)10-15(13(12)2)11-17(18)19-3/h4-10H,11H2,1-3H3. The lowest BCUT2D eigenvalue weighted by molar-refractivity contribution is -0.139. The topological polar surface area (TPSA) is 26.3 Å². The summed E-state index contributed by atoms with van der Waals surface area (Å²) in [4.78, 5) is 11.5. The maximum absolute atomic E-state index is 11.5. The second-order valence-corrected chi connectivity index (χ2v) is 4.70. The summed E-state index contributed by atoms with van der Waals surface area (Å²) in [5.41, 5.74) is 5.69. The number of carbonyl (C=O) groups is 1. The molecule has 0 heterocycles. The molecule has 0 unspecified atom stereocenters. The van der Waals surface area contributed by atoms with Gasteiger partial charge >= 0.3 is 5.97 Å². The first kappa shape index (κ1) is 13.3. The lowest BCUT2D eigenvalue weighted by Crippen LogP contribution is -2.06. The Morgan fingerprint density at radius 1 is 1.05 bits per heavy atom. The number of ether oxygens (including phenoxy) is 1. The number of rotatable bonds is 3. The number of hydrogen-bond donors (Lipinski definition) is 0. The smallest absolute Gasteiger partial charge is 0.309 e. The molecule has 2 aromatic rings. The minimum atomic E-state index is -0.201. The van der Waals surface area contributed by atoms with Gasteiger partial charge in [0.1, 0.15) is 0 Å². The fraction of sp³-hybridized carbons (Fsp3) is 0.235. The van der Waals surface area contributed by atoms with Crippen LogP contribution in [-0.4, -0.2) is 13.1 Å². The van der Waals surface area contributed by atoms with Crippen LogP contribution < -0.4 is 0 Å². The van der Waals surface area contributed by atoms with Crippen LogP contribution >= 0.6 is 0 Å². The van der Waals surface area contributed by atoms with Crippen LogP contribution in [0, 0.1) is 13.8 Å². The molecule has 19 heavy (non-hydrogen) atoms. The van der Waals surface area contributed by atoms with Crippen LogP contribution in [0.25, 0.3) is 11.1 Å². The van der Waals surface area contributed by atoms with Gasteiger partial charge in [0.05, 0.1) is 13.5 Å². The molecule has 2 nitrogen and oxygen atoms in total. The first-order valence-electron chi connectivity index (χ1n) is 6.34. The highest BCUT2D eigenvalue weighted by Gasteiger charge is 2.10. The monoisotopic (exact) mass is 254 g/mol. The van der Waals surface area contributed by atoms with Crippen molar-refractivity contribution in [2.24, 2.45) is 0 Å². The van der Waals surface area contributed by atoms with Crippen LogP contribution in [0.3, 0.4) is 0 Å². The molecule has 0 aliphatic heterocycles. The Labute approximate surface area is 114 Å². The third kappa shape index (κ3) is 3.02. The molecule has 98 valence electrons. The van der Waals surface area contributed by atoms with Crippen molar-refractivity contribution in [3.8, 4) is 11.1 Å². The maximum Gasteiger partial charge on any atom is 0.309 e. The summed E-state index contributed by atoms with van der Waals surface area (Å²) in [6.07, 6.45) is 0.323. The summed E-state index contributed by atoms with van der Waals surface area (Å²) in [5.74, 6) is -0.201. The molecule has 0 spiro atoms. The van der Waals surface area contributed by atoms with Crippen molar-refractivity contribution in [1.29, 1.82) is 0 Å². The van der Waals surface area contributed by atoms with E-state index < -0.39 is 0 Å². The zero-order chi connectivity index (χ0) is 13.8. The third-order valence-electron chi connectivity index (χ3n) is 3.44. The van der Waals surface area contributed by atoms with Gasteiger partial charge < -0.3 is 4.74 Å². The summed E-state index contributed by atoms with van der Waals surface area (Å²) in [5, 5.41) is 0. The highest BCUT2D eigenvalue weighted by molar-refractivity contribution is 5.75. The first-order chi connectivity index (χ1) is 9.11. The Bertz CT molecular complexity index is 586. The molecule has 2 aromatic carbocycles. The number of hydrogen-bond acceptors (Lipinski definition) is 2. The van der Waals surface area contributed by atoms with Crippen LogP contribution in [0.2, 0.25) is 0 Å². The van der Waals surface area contributed by atoms with E-state index in [-0.39, 0.29) is 5.97 Å². The lowest BCUT2D eigenvalue weighted by Gasteiger charge is -2.12. The highest BCUT2D eigenvalue weighted by Crippen LogP contribution is 2.25. The Hall–Kier alpha value is -2.09. The number of benzene rings is 2. The molecule has 0 fully saturated rings. The molecule has 2 rings (SSSR count). The molecule has 0 saturated heterocycles. The van der Waals surface area contributed by atoms with Crippen LogP contribution in [0.15, 0.2) is 42.5 Å². The minimum absolute atomic E-state index is 0.201. The average molecular weight is 254 g/mol. The van der Waals surface area contributed by atoms with Gasteiger partial charge in [-0.2, -0.15) is 0 Å². The quantitative estimate of drug-likeness (QED) is 0.781. The number of esters is 1. The largest absolute Gasteiger partial charge is 0.469 e. The van der Waals surface area contributed by atoms with Gasteiger partial charge in [0.15, 0.2) is 0 Å². The van der Waals surface area contributed by atoms with Crippen molar-refractivity contribution in [3.05, 3.63) is 59.2 Å². The van der Waals surface area contributed by atoms with E-state index in [1.807, 2.05) is 25.1 Å². The average Bonchev–Trinajstić information content (AvgIpc) is 2.44. The molecule has 0 aromatic heterocycles. The fourth-order valence-corrected chi connectivity index (χ4v) is 2.14. The van der Waals surface area contributed by atoms with Gasteiger partial charge in [0.2, 0.25) is 0 Å². The zero-order valence-electron chi connectivity index (χ0n) is 11.6. The molecule has 0 saturated carbocycles. The summed E-state index contributed by atoms with van der Waals surface area (Å²) >= 11 is 0. The molecular formula is C17H18O2. The Morgan fingerprint density at radius 2 is 1.74 bits per heavy atom. The molecule has 0 aliphatic rings. The van der Waals surface area contributed by atoms with Gasteiger partial charge in [-0.15, -0.1) is 0 Å². The van der Waals surface area contributed by atoms with Gasteiger partial charge in [-0.1, -0.05) is 42.5 Å². The van der Waals surface area contributed by atoms with E-state index in [1.165, 1.54) is 12.7 Å². The summed E-state index contributed by atoms with van der Waals surface area (Å²) in [6, 6.07) is 14.4. The summed E-state index contributed by atoms with van der Waals surface area (Å²) in [6.45, 7) is 4.12. The molecule has 0 amide bonds. The molecule has 0 radical (unpaired) electrons. The zero-order valence-corrected chi connectivity index (χ0v) is 11.6. The molecule has 2 heteroatoms. The molecular weight excluding hydrogens is 236 g/mol. The van der Waals surface area contributed by atoms with E-state index in [2.05, 4.69) is 31.2 Å². The predicted molar refractivity (Wildman–Crippen MR) is 77.1 cm³/mol. The highest BCUT2D eigenvalue weighted by atomic mass is 16.5. The maximum atomic E-state index is 11.5. The van der Waals surface area contributed by atoms with Gasteiger partial charge in [-0.05, 0) is 41.7 Å². The third-order valence-corrected chi connectivity index (χ3v) is 3.44. The first-order valence-corrected chi connectivity index (χ1v) is 6.34. The van der Waals surface area contributed by atoms with Crippen LogP contribution in [-0.2, 0) is 16.0 Å². The molecule has 0 aliphatic carbocycles. The van der Waals surface area contributed by atoms with Crippen LogP contribution in [0.1, 0.15) is 16.7 Å². The molecule has 0 atom stereocenters. The van der Waals surface area contributed by atoms with Crippen molar-refractivity contribution < 1.29 is 9.53 Å². The van der Waals surface area contributed by atoms with E-state index in [0.29, 0.717) is 6.42 Å². The van der Waals surface area contributed by atoms with E-state index in [1.54, 1.807) is 0 Å². The molecule has 0 N–H and O–H groups in total. The number of carbonyl (C=O) groups excluding carboxylic acids is 1. The van der Waals surface area contributed by atoms with Gasteiger partial charge in [0, 0.05) is 0 Å². The van der Waals surface area contributed by atoms with Crippen molar-refractivity contribution in [1.82, 2.24) is 0 Å². The lowest BCUT2D eigenvalue weighted by atomic mass is 9.94. The second-order valence-electron chi connectivity index (χ2n) is 4.70. The summed E-state index contributed by atoms with van der Waals surface area (Å²) in [7, 11) is 1.42. The predicted octanol–water partition coefficient (Wildman–Crippen LogP) is 3.69. The van der Waals surface area contributed by atoms with Crippen molar-refractivity contribution in [2.45, 2.75) is 20.3 Å². The SMILES string of the molecule is COC(=O)Cc1cc(-c2ccccc2)cc(C)c1C.